The van der Waals surface area contributed by atoms with E-state index in [1.807, 2.05) is 0 Å². The third-order valence-electron chi connectivity index (χ3n) is 3.45. The summed E-state index contributed by atoms with van der Waals surface area (Å²) in [5, 5.41) is 16.0. The van der Waals surface area contributed by atoms with Crippen molar-refractivity contribution in [2.24, 2.45) is 0 Å². The molecule has 0 saturated heterocycles. The summed E-state index contributed by atoms with van der Waals surface area (Å²) in [5.41, 5.74) is 1.79. The number of nitrogens with one attached hydrogen (secondary N) is 2. The molecule has 0 aliphatic carbocycles. The molecule has 1 heterocycles. The van der Waals surface area contributed by atoms with E-state index in [2.05, 4.69) is 10.6 Å². The van der Waals surface area contributed by atoms with Gasteiger partial charge in [-0.3, -0.25) is 10.1 Å². The highest BCUT2D eigenvalue weighted by Gasteiger charge is 2.32. The van der Waals surface area contributed by atoms with E-state index in [1.165, 1.54) is 25.3 Å². The number of benzene rings is 1. The average Bonchev–Trinajstić information content (AvgIpc) is 2.45. The van der Waals surface area contributed by atoms with E-state index in [-0.39, 0.29) is 11.3 Å². The first-order valence-electron chi connectivity index (χ1n) is 6.46. The molecule has 1 aromatic carbocycles. The highest BCUT2D eigenvalue weighted by Crippen LogP contribution is 2.31. The Morgan fingerprint density at radius 3 is 2.59 bits per heavy atom. The molecule has 22 heavy (non-hydrogen) atoms. The quantitative estimate of drug-likeness (QED) is 0.501. The summed E-state index contributed by atoms with van der Waals surface area (Å²) >= 11 is 0. The second-order valence-corrected chi connectivity index (χ2v) is 4.86. The number of allylic oxidation sites excluding steroid dienone is 1. The van der Waals surface area contributed by atoms with Gasteiger partial charge in [-0.2, -0.15) is 0 Å². The zero-order valence-electron chi connectivity index (χ0n) is 12.3. The van der Waals surface area contributed by atoms with Gasteiger partial charge in [-0.15, -0.1) is 0 Å². The molecular weight excluding hydrogens is 290 g/mol. The fourth-order valence-electron chi connectivity index (χ4n) is 2.40. The Morgan fingerprint density at radius 2 is 2.05 bits per heavy atom. The molecule has 2 amide bonds. The molecule has 2 rings (SSSR count). The van der Waals surface area contributed by atoms with E-state index >= 15 is 0 Å². The van der Waals surface area contributed by atoms with Crippen LogP contribution in [-0.4, -0.2) is 24.0 Å². The summed E-state index contributed by atoms with van der Waals surface area (Å²) in [6.07, 6.45) is 0. The first-order chi connectivity index (χ1) is 10.3. The van der Waals surface area contributed by atoms with Gasteiger partial charge in [0.2, 0.25) is 0 Å². The van der Waals surface area contributed by atoms with Gasteiger partial charge in [-0.1, -0.05) is 0 Å². The SMILES string of the molecule is COC(=O)C1=C(C)NC(=O)NC1c1ccc([N+](=O)[O-])cc1C. The molecule has 8 heteroatoms. The zero-order chi connectivity index (χ0) is 16.4. The molecular formula is C14H15N3O5. The van der Waals surface area contributed by atoms with Crippen molar-refractivity contribution < 1.29 is 19.2 Å². The summed E-state index contributed by atoms with van der Waals surface area (Å²) < 4.78 is 4.75. The Hall–Kier alpha value is -2.90. The number of esters is 1. The van der Waals surface area contributed by atoms with Crippen molar-refractivity contribution >= 4 is 17.7 Å². The highest BCUT2D eigenvalue weighted by molar-refractivity contribution is 5.95. The maximum atomic E-state index is 12.0. The molecule has 2 N–H and O–H groups in total. The van der Waals surface area contributed by atoms with Crippen LogP contribution < -0.4 is 10.6 Å². The van der Waals surface area contributed by atoms with Crippen molar-refractivity contribution in [1.29, 1.82) is 0 Å². The number of carbonyl (C=O) groups is 2. The van der Waals surface area contributed by atoms with Gasteiger partial charge < -0.3 is 15.4 Å². The van der Waals surface area contributed by atoms with Gasteiger partial charge in [0.25, 0.3) is 5.69 Å². The van der Waals surface area contributed by atoms with Crippen LogP contribution in [0.4, 0.5) is 10.5 Å². The van der Waals surface area contributed by atoms with Crippen LogP contribution in [0, 0.1) is 17.0 Å². The summed E-state index contributed by atoms with van der Waals surface area (Å²) in [5.74, 6) is -0.576. The number of rotatable bonds is 3. The lowest BCUT2D eigenvalue weighted by atomic mass is 9.92. The van der Waals surface area contributed by atoms with Gasteiger partial charge in [0.1, 0.15) is 0 Å². The smallest absolute Gasteiger partial charge is 0.337 e. The minimum Gasteiger partial charge on any atom is -0.466 e. The molecule has 0 fully saturated rings. The minimum absolute atomic E-state index is 0.0539. The summed E-state index contributed by atoms with van der Waals surface area (Å²) in [7, 11) is 1.25. The van der Waals surface area contributed by atoms with Crippen molar-refractivity contribution in [2.75, 3.05) is 7.11 Å². The number of carbonyl (C=O) groups excluding carboxylic acids is 2. The number of hydrogen-bond acceptors (Lipinski definition) is 5. The van der Waals surface area contributed by atoms with Crippen LogP contribution in [0.25, 0.3) is 0 Å². The fourth-order valence-corrected chi connectivity index (χ4v) is 2.40. The molecule has 0 bridgehead atoms. The molecule has 0 aromatic heterocycles. The van der Waals surface area contributed by atoms with Gasteiger partial charge in [-0.25, -0.2) is 9.59 Å². The standard InChI is InChI=1S/C14H15N3O5/c1-7-6-9(17(20)21)4-5-10(7)12-11(13(18)22-3)8(2)15-14(19)16-12/h4-6,12H,1-3H3,(H2,15,16,19). The largest absolute Gasteiger partial charge is 0.466 e. The number of methoxy groups -OCH3 is 1. The molecule has 1 aliphatic rings. The van der Waals surface area contributed by atoms with Crippen LogP contribution in [0.5, 0.6) is 0 Å². The van der Waals surface area contributed by atoms with Crippen molar-refractivity contribution in [1.82, 2.24) is 10.6 Å². The molecule has 116 valence electrons. The van der Waals surface area contributed by atoms with E-state index in [4.69, 9.17) is 4.74 Å². The van der Waals surface area contributed by atoms with E-state index in [0.717, 1.165) is 0 Å². The number of hydrogen-bond donors (Lipinski definition) is 2. The molecule has 1 atom stereocenters. The summed E-state index contributed by atoms with van der Waals surface area (Å²) in [4.78, 5) is 34.0. The number of ether oxygens (including phenoxy) is 1. The Bertz CT molecular complexity index is 696. The zero-order valence-corrected chi connectivity index (χ0v) is 12.3. The Balaban J connectivity index is 2.53. The summed E-state index contributed by atoms with van der Waals surface area (Å²) in [6, 6.07) is 3.09. The van der Waals surface area contributed by atoms with Crippen molar-refractivity contribution in [3.05, 3.63) is 50.7 Å². The van der Waals surface area contributed by atoms with Crippen molar-refractivity contribution in [3.8, 4) is 0 Å². The predicted molar refractivity (Wildman–Crippen MR) is 77.0 cm³/mol. The van der Waals surface area contributed by atoms with Crippen LogP contribution in [-0.2, 0) is 9.53 Å². The Kier molecular flexibility index (Phi) is 4.11. The molecule has 0 radical (unpaired) electrons. The van der Waals surface area contributed by atoms with E-state index in [9.17, 15) is 19.7 Å². The van der Waals surface area contributed by atoms with Crippen LogP contribution >= 0.6 is 0 Å². The summed E-state index contributed by atoms with van der Waals surface area (Å²) in [6.45, 7) is 3.28. The minimum atomic E-state index is -0.720. The lowest BCUT2D eigenvalue weighted by molar-refractivity contribution is -0.384. The van der Waals surface area contributed by atoms with Crippen LogP contribution in [0.15, 0.2) is 29.5 Å². The van der Waals surface area contributed by atoms with Crippen LogP contribution in [0.2, 0.25) is 0 Å². The first kappa shape index (κ1) is 15.5. The topological polar surface area (TPSA) is 111 Å². The lowest BCUT2D eigenvalue weighted by Crippen LogP contribution is -2.45. The van der Waals surface area contributed by atoms with Gasteiger partial charge in [0.15, 0.2) is 0 Å². The number of amides is 2. The van der Waals surface area contributed by atoms with Gasteiger partial charge in [0, 0.05) is 17.8 Å². The number of nitro groups is 1. The number of nitro benzene ring substituents is 1. The molecule has 0 spiro atoms. The monoisotopic (exact) mass is 305 g/mol. The molecule has 0 saturated carbocycles. The number of urea groups is 1. The maximum absolute atomic E-state index is 12.0. The second-order valence-electron chi connectivity index (χ2n) is 4.86. The molecule has 1 aliphatic heterocycles. The second kappa shape index (κ2) is 5.84. The van der Waals surface area contributed by atoms with E-state index in [0.29, 0.717) is 16.8 Å². The predicted octanol–water partition coefficient (Wildman–Crippen LogP) is 1.70. The highest BCUT2D eigenvalue weighted by atomic mass is 16.6. The van der Waals surface area contributed by atoms with Gasteiger partial charge in [-0.05, 0) is 31.0 Å². The van der Waals surface area contributed by atoms with Gasteiger partial charge >= 0.3 is 12.0 Å². The Morgan fingerprint density at radius 1 is 1.36 bits per heavy atom. The normalized spacial score (nSPS) is 17.6. The molecule has 1 unspecified atom stereocenters. The van der Waals surface area contributed by atoms with Gasteiger partial charge in [0.05, 0.1) is 23.6 Å². The van der Waals surface area contributed by atoms with Crippen molar-refractivity contribution in [2.45, 2.75) is 19.9 Å². The third-order valence-corrected chi connectivity index (χ3v) is 3.45. The first-order valence-corrected chi connectivity index (χ1v) is 6.46. The van der Waals surface area contributed by atoms with E-state index < -0.39 is 23.0 Å². The Labute approximate surface area is 126 Å². The number of non-ortho nitro benzene ring substituents is 1. The van der Waals surface area contributed by atoms with Crippen LogP contribution in [0.3, 0.4) is 0 Å². The van der Waals surface area contributed by atoms with Crippen LogP contribution in [0.1, 0.15) is 24.1 Å². The molecule has 8 nitrogen and oxygen atoms in total. The number of aryl methyl sites for hydroxylation is 1. The maximum Gasteiger partial charge on any atom is 0.337 e. The van der Waals surface area contributed by atoms with Crippen molar-refractivity contribution in [3.63, 3.8) is 0 Å². The molecule has 1 aromatic rings. The van der Waals surface area contributed by atoms with E-state index in [1.54, 1.807) is 13.8 Å². The third kappa shape index (κ3) is 2.76. The number of nitrogens with zero attached hydrogens (tertiary/aromatic N) is 1. The fraction of sp³-hybridized carbons (Fsp3) is 0.286. The lowest BCUT2D eigenvalue weighted by Gasteiger charge is -2.28. The average molecular weight is 305 g/mol.